The lowest BCUT2D eigenvalue weighted by Crippen LogP contribution is -2.06. The third-order valence-corrected chi connectivity index (χ3v) is 7.49. The number of aryl methyl sites for hydroxylation is 2. The quantitative estimate of drug-likeness (QED) is 0.432. The summed E-state index contributed by atoms with van der Waals surface area (Å²) in [7, 11) is -3.28. The van der Waals surface area contributed by atoms with E-state index < -0.39 is 9.84 Å². The first-order chi connectivity index (χ1) is 13.8. The summed E-state index contributed by atoms with van der Waals surface area (Å²) in [5.41, 5.74) is 4.65. The van der Waals surface area contributed by atoms with Crippen molar-refractivity contribution >= 4 is 31.3 Å². The molecule has 1 heterocycles. The minimum absolute atomic E-state index is 0.00945. The van der Waals surface area contributed by atoms with Gasteiger partial charge in [-0.15, -0.1) is 11.3 Å². The van der Waals surface area contributed by atoms with Crippen LogP contribution >= 0.6 is 11.3 Å². The Morgan fingerprint density at radius 3 is 2.10 bits per heavy atom. The van der Waals surface area contributed by atoms with Gasteiger partial charge in [-0.2, -0.15) is 0 Å². The highest BCUT2D eigenvalue weighted by Gasteiger charge is 2.17. The second-order valence-electron chi connectivity index (χ2n) is 7.23. The van der Waals surface area contributed by atoms with E-state index in [1.165, 1.54) is 11.8 Å². The molecule has 0 unspecified atom stereocenters. The van der Waals surface area contributed by atoms with Gasteiger partial charge in [0.15, 0.2) is 15.3 Å². The van der Waals surface area contributed by atoms with Crippen LogP contribution in [0.5, 0.6) is 0 Å². The molecule has 0 amide bonds. The molecule has 0 aliphatic rings. The SMILES string of the molecule is Cc1ccc(-c2c(-c3ccc(S(C)(=O)=O)cc3)sc3ccccc3c2=O)cc1C. The van der Waals surface area contributed by atoms with Crippen molar-refractivity contribution in [3.05, 3.63) is 88.1 Å². The molecule has 29 heavy (non-hydrogen) atoms. The van der Waals surface area contributed by atoms with E-state index in [1.807, 2.05) is 56.3 Å². The van der Waals surface area contributed by atoms with Crippen LogP contribution in [0.2, 0.25) is 0 Å². The Hall–Kier alpha value is -2.76. The van der Waals surface area contributed by atoms with E-state index in [2.05, 4.69) is 0 Å². The number of hydrogen-bond donors (Lipinski definition) is 0. The maximum Gasteiger partial charge on any atom is 0.196 e. The molecule has 0 saturated carbocycles. The lowest BCUT2D eigenvalue weighted by Gasteiger charge is -2.13. The van der Waals surface area contributed by atoms with Gasteiger partial charge < -0.3 is 0 Å². The maximum atomic E-state index is 13.5. The summed E-state index contributed by atoms with van der Waals surface area (Å²) < 4.78 is 24.5. The number of sulfone groups is 1. The fourth-order valence-electron chi connectivity index (χ4n) is 3.36. The Morgan fingerprint density at radius 2 is 1.45 bits per heavy atom. The zero-order valence-corrected chi connectivity index (χ0v) is 18.0. The molecule has 0 saturated heterocycles. The molecule has 0 aliphatic carbocycles. The van der Waals surface area contributed by atoms with Crippen molar-refractivity contribution in [1.29, 1.82) is 0 Å². The van der Waals surface area contributed by atoms with E-state index in [0.717, 1.165) is 26.3 Å². The molecule has 0 spiro atoms. The van der Waals surface area contributed by atoms with Crippen LogP contribution in [0.4, 0.5) is 0 Å². The molecule has 146 valence electrons. The normalized spacial score (nSPS) is 11.7. The Balaban J connectivity index is 2.04. The summed E-state index contributed by atoms with van der Waals surface area (Å²) in [6.45, 7) is 4.08. The predicted octanol–water partition coefficient (Wildman–Crippen LogP) is 5.62. The van der Waals surface area contributed by atoms with Gasteiger partial charge in [0.05, 0.1) is 4.90 Å². The Bertz CT molecular complexity index is 1400. The molecule has 0 radical (unpaired) electrons. The van der Waals surface area contributed by atoms with Gasteiger partial charge >= 0.3 is 0 Å². The molecule has 0 N–H and O–H groups in total. The number of fused-ring (bicyclic) bond motifs is 1. The van der Waals surface area contributed by atoms with Crippen molar-refractivity contribution in [2.75, 3.05) is 6.26 Å². The summed E-state index contributed by atoms with van der Waals surface area (Å²) in [6, 6.07) is 20.4. The van der Waals surface area contributed by atoms with Crippen molar-refractivity contribution in [3.63, 3.8) is 0 Å². The highest BCUT2D eigenvalue weighted by molar-refractivity contribution is 7.90. The van der Waals surface area contributed by atoms with E-state index in [1.54, 1.807) is 35.6 Å². The molecule has 3 aromatic carbocycles. The maximum absolute atomic E-state index is 13.5. The zero-order valence-electron chi connectivity index (χ0n) is 16.4. The zero-order chi connectivity index (χ0) is 20.8. The van der Waals surface area contributed by atoms with Crippen molar-refractivity contribution in [3.8, 4) is 21.6 Å². The molecule has 4 rings (SSSR count). The molecule has 0 fully saturated rings. The van der Waals surface area contributed by atoms with Crippen molar-refractivity contribution in [1.82, 2.24) is 0 Å². The van der Waals surface area contributed by atoms with Crippen LogP contribution < -0.4 is 5.43 Å². The molecule has 0 aliphatic heterocycles. The Kier molecular flexibility index (Phi) is 4.89. The van der Waals surface area contributed by atoms with Gasteiger partial charge in [-0.3, -0.25) is 4.79 Å². The number of rotatable bonds is 3. The third kappa shape index (κ3) is 3.63. The van der Waals surface area contributed by atoms with E-state index in [4.69, 9.17) is 0 Å². The van der Waals surface area contributed by atoms with Crippen LogP contribution in [0.25, 0.3) is 31.7 Å². The van der Waals surface area contributed by atoms with Gasteiger partial charge in [0, 0.05) is 26.8 Å². The predicted molar refractivity (Wildman–Crippen MR) is 122 cm³/mol. The first-order valence-electron chi connectivity index (χ1n) is 9.19. The van der Waals surface area contributed by atoms with Gasteiger partial charge in [0.25, 0.3) is 0 Å². The second-order valence-corrected chi connectivity index (χ2v) is 10.3. The molecule has 0 bridgehead atoms. The largest absolute Gasteiger partial charge is 0.288 e. The minimum atomic E-state index is -3.28. The average Bonchev–Trinajstić information content (AvgIpc) is 2.70. The molecule has 3 nitrogen and oxygen atoms in total. The van der Waals surface area contributed by atoms with Crippen LogP contribution in [0.1, 0.15) is 11.1 Å². The van der Waals surface area contributed by atoms with Gasteiger partial charge in [0.1, 0.15) is 0 Å². The lowest BCUT2D eigenvalue weighted by molar-refractivity contribution is 0.602. The first-order valence-corrected chi connectivity index (χ1v) is 11.9. The molecular weight excluding hydrogens is 400 g/mol. The Labute approximate surface area is 174 Å². The van der Waals surface area contributed by atoms with Gasteiger partial charge in [-0.05, 0) is 60.4 Å². The van der Waals surface area contributed by atoms with Crippen LogP contribution in [0.3, 0.4) is 0 Å². The summed E-state index contributed by atoms with van der Waals surface area (Å²) in [6.07, 6.45) is 1.19. The van der Waals surface area contributed by atoms with E-state index >= 15 is 0 Å². The molecule has 1 aromatic heterocycles. The number of benzene rings is 3. The first kappa shape index (κ1) is 19.6. The standard InChI is InChI=1S/C24H20O3S2/c1-15-8-9-18(14-16(15)2)22-23(25)20-6-4-5-7-21(20)28-24(22)17-10-12-19(13-11-17)29(3,26)27/h4-14H,1-3H3. The van der Waals surface area contributed by atoms with Gasteiger partial charge in [-0.1, -0.05) is 42.5 Å². The van der Waals surface area contributed by atoms with Gasteiger partial charge in [0.2, 0.25) is 0 Å². The second kappa shape index (κ2) is 7.25. The van der Waals surface area contributed by atoms with Gasteiger partial charge in [-0.25, -0.2) is 8.42 Å². The van der Waals surface area contributed by atoms with E-state index in [9.17, 15) is 13.2 Å². The molecular formula is C24H20O3S2. The third-order valence-electron chi connectivity index (χ3n) is 5.14. The molecule has 0 atom stereocenters. The highest BCUT2D eigenvalue weighted by atomic mass is 32.2. The monoisotopic (exact) mass is 420 g/mol. The topological polar surface area (TPSA) is 51.2 Å². The summed E-state index contributed by atoms with van der Waals surface area (Å²) in [5, 5.41) is 0.697. The minimum Gasteiger partial charge on any atom is -0.288 e. The number of hydrogen-bond acceptors (Lipinski definition) is 4. The van der Waals surface area contributed by atoms with Crippen molar-refractivity contribution in [2.24, 2.45) is 0 Å². The lowest BCUT2D eigenvalue weighted by atomic mass is 9.97. The molecule has 4 aromatic rings. The summed E-state index contributed by atoms with van der Waals surface area (Å²) >= 11 is 1.55. The van der Waals surface area contributed by atoms with Crippen LogP contribution in [-0.4, -0.2) is 14.7 Å². The molecule has 5 heteroatoms. The van der Waals surface area contributed by atoms with Crippen molar-refractivity contribution < 1.29 is 8.42 Å². The van der Waals surface area contributed by atoms with Crippen molar-refractivity contribution in [2.45, 2.75) is 18.7 Å². The van der Waals surface area contributed by atoms with E-state index in [0.29, 0.717) is 10.9 Å². The fraction of sp³-hybridized carbons (Fsp3) is 0.125. The fourth-order valence-corrected chi connectivity index (χ4v) is 5.19. The average molecular weight is 421 g/mol. The highest BCUT2D eigenvalue weighted by Crippen LogP contribution is 2.37. The summed E-state index contributed by atoms with van der Waals surface area (Å²) in [4.78, 5) is 14.6. The summed E-state index contributed by atoms with van der Waals surface area (Å²) in [5.74, 6) is 0. The Morgan fingerprint density at radius 1 is 0.793 bits per heavy atom. The van der Waals surface area contributed by atoms with Crippen LogP contribution in [0.15, 0.2) is 76.4 Å². The van der Waals surface area contributed by atoms with Crippen LogP contribution in [-0.2, 0) is 9.84 Å². The van der Waals surface area contributed by atoms with Crippen LogP contribution in [0, 0.1) is 13.8 Å². The van der Waals surface area contributed by atoms with E-state index in [-0.39, 0.29) is 10.3 Å². The smallest absolute Gasteiger partial charge is 0.196 e.